The minimum absolute atomic E-state index is 0.00231. The van der Waals surface area contributed by atoms with Crippen molar-refractivity contribution in [2.24, 2.45) is 11.3 Å². The van der Waals surface area contributed by atoms with E-state index in [1.54, 1.807) is 32.2 Å². The molecule has 0 saturated carbocycles. The predicted molar refractivity (Wildman–Crippen MR) is 156 cm³/mol. The molecular formula is C30H34FN5O5S. The van der Waals surface area contributed by atoms with Gasteiger partial charge >= 0.3 is 0 Å². The SMILES string of the molecule is CCN(C(=O)C(C)C)c1cc(F)ccc1Oc1cncnc1N1CC2(CN(C(=O)Cc3ccc(S(C)(=O)=O)cc3)C2)C1. The zero-order chi connectivity index (χ0) is 30.2. The van der Waals surface area contributed by atoms with Crippen molar-refractivity contribution >= 4 is 33.2 Å². The van der Waals surface area contributed by atoms with Crippen LogP contribution in [0.1, 0.15) is 26.3 Å². The van der Waals surface area contributed by atoms with Crippen molar-refractivity contribution in [2.45, 2.75) is 32.1 Å². The molecule has 42 heavy (non-hydrogen) atoms. The molecule has 0 radical (unpaired) electrons. The number of carbonyl (C=O) groups is 2. The molecule has 3 heterocycles. The Labute approximate surface area is 245 Å². The Morgan fingerprint density at radius 3 is 2.38 bits per heavy atom. The fraction of sp³-hybridized carbons (Fsp3) is 0.400. The predicted octanol–water partition coefficient (Wildman–Crippen LogP) is 3.71. The van der Waals surface area contributed by atoms with Gasteiger partial charge in [-0.3, -0.25) is 9.59 Å². The van der Waals surface area contributed by atoms with Gasteiger partial charge < -0.3 is 19.4 Å². The molecule has 1 aromatic heterocycles. The molecule has 0 aliphatic carbocycles. The number of hydrogen-bond acceptors (Lipinski definition) is 8. The minimum Gasteiger partial charge on any atom is -0.450 e. The van der Waals surface area contributed by atoms with Crippen LogP contribution in [0.5, 0.6) is 11.5 Å². The minimum atomic E-state index is -3.28. The third-order valence-corrected chi connectivity index (χ3v) is 8.76. The van der Waals surface area contributed by atoms with Crippen LogP contribution in [-0.2, 0) is 25.8 Å². The summed E-state index contributed by atoms with van der Waals surface area (Å²) in [7, 11) is -3.28. The number of rotatable bonds is 9. The first-order valence-corrected chi connectivity index (χ1v) is 15.7. The van der Waals surface area contributed by atoms with Gasteiger partial charge in [-0.15, -0.1) is 0 Å². The van der Waals surface area contributed by atoms with Gasteiger partial charge in [0.1, 0.15) is 12.1 Å². The molecule has 1 spiro atoms. The first-order chi connectivity index (χ1) is 19.9. The van der Waals surface area contributed by atoms with Gasteiger partial charge in [-0.1, -0.05) is 26.0 Å². The third kappa shape index (κ3) is 5.94. The largest absolute Gasteiger partial charge is 0.450 e. The summed E-state index contributed by atoms with van der Waals surface area (Å²) in [5.41, 5.74) is 1.07. The number of hydrogen-bond donors (Lipinski definition) is 0. The molecule has 5 rings (SSSR count). The number of amides is 2. The zero-order valence-corrected chi connectivity index (χ0v) is 24.9. The summed E-state index contributed by atoms with van der Waals surface area (Å²) in [6.07, 6.45) is 4.35. The summed E-state index contributed by atoms with van der Waals surface area (Å²) in [6, 6.07) is 10.5. The number of likely N-dealkylation sites (tertiary alicyclic amines) is 1. The van der Waals surface area contributed by atoms with Crippen LogP contribution >= 0.6 is 0 Å². The standard InChI is InChI=1S/C30H34FN5O5S/c1-5-36(29(38)20(2)3)24-13-22(31)8-11-25(24)41-26-14-32-19-33-28(26)35-17-30(18-35)15-34(16-30)27(37)12-21-6-9-23(10-7-21)42(4,39)40/h6-11,13-14,19-20H,5,12,15-18H2,1-4H3. The maximum absolute atomic E-state index is 14.2. The Morgan fingerprint density at radius 1 is 1.07 bits per heavy atom. The molecule has 0 unspecified atom stereocenters. The van der Waals surface area contributed by atoms with E-state index >= 15 is 0 Å². The van der Waals surface area contributed by atoms with Gasteiger partial charge in [0.25, 0.3) is 0 Å². The molecule has 2 aliphatic rings. The Bertz CT molecular complexity index is 1600. The van der Waals surface area contributed by atoms with E-state index in [4.69, 9.17) is 4.74 Å². The lowest BCUT2D eigenvalue weighted by Crippen LogP contribution is -2.73. The van der Waals surface area contributed by atoms with Gasteiger partial charge in [-0.05, 0) is 36.8 Å². The van der Waals surface area contributed by atoms with Crippen molar-refractivity contribution in [1.29, 1.82) is 0 Å². The fourth-order valence-electron chi connectivity index (χ4n) is 5.48. The van der Waals surface area contributed by atoms with Crippen molar-refractivity contribution in [3.63, 3.8) is 0 Å². The average Bonchev–Trinajstić information content (AvgIpc) is 2.89. The van der Waals surface area contributed by atoms with Gasteiger partial charge in [0.15, 0.2) is 27.2 Å². The highest BCUT2D eigenvalue weighted by atomic mass is 32.2. The van der Waals surface area contributed by atoms with Gasteiger partial charge in [-0.2, -0.15) is 0 Å². The highest BCUT2D eigenvalue weighted by Gasteiger charge is 2.53. The number of nitrogens with zero attached hydrogens (tertiary/aromatic N) is 5. The number of benzene rings is 2. The molecule has 2 aliphatic heterocycles. The molecule has 12 heteroatoms. The monoisotopic (exact) mass is 595 g/mol. The fourth-order valence-corrected chi connectivity index (χ4v) is 6.11. The summed E-state index contributed by atoms with van der Waals surface area (Å²) in [5.74, 6) is 0.399. The molecule has 2 amide bonds. The van der Waals surface area contributed by atoms with E-state index < -0.39 is 15.7 Å². The summed E-state index contributed by atoms with van der Waals surface area (Å²) < 4.78 is 43.8. The van der Waals surface area contributed by atoms with Gasteiger partial charge in [0.2, 0.25) is 11.8 Å². The maximum atomic E-state index is 14.2. The first kappa shape index (κ1) is 29.4. The van der Waals surface area contributed by atoms with E-state index in [2.05, 4.69) is 14.9 Å². The molecule has 2 aromatic carbocycles. The highest BCUT2D eigenvalue weighted by molar-refractivity contribution is 7.90. The molecule has 0 N–H and O–H groups in total. The van der Waals surface area contributed by atoms with Crippen LogP contribution in [0.4, 0.5) is 15.9 Å². The van der Waals surface area contributed by atoms with Gasteiger partial charge in [-0.25, -0.2) is 22.8 Å². The summed E-state index contributed by atoms with van der Waals surface area (Å²) in [6.45, 7) is 8.36. The lowest BCUT2D eigenvalue weighted by atomic mass is 9.72. The highest BCUT2D eigenvalue weighted by Crippen LogP contribution is 2.45. The number of anilines is 2. The van der Waals surface area contributed by atoms with Crippen LogP contribution in [0.3, 0.4) is 0 Å². The number of sulfone groups is 1. The Morgan fingerprint density at radius 2 is 1.76 bits per heavy atom. The zero-order valence-electron chi connectivity index (χ0n) is 24.1. The second kappa shape index (κ2) is 11.3. The maximum Gasteiger partial charge on any atom is 0.229 e. The third-order valence-electron chi connectivity index (χ3n) is 7.63. The van der Waals surface area contributed by atoms with E-state index in [0.717, 1.165) is 11.8 Å². The topological polar surface area (TPSA) is 113 Å². The normalized spacial score (nSPS) is 15.8. The smallest absolute Gasteiger partial charge is 0.229 e. The Balaban J connectivity index is 1.23. The summed E-state index contributed by atoms with van der Waals surface area (Å²) in [5, 5.41) is 0. The van der Waals surface area contributed by atoms with Crippen molar-refractivity contribution < 1.29 is 27.1 Å². The van der Waals surface area contributed by atoms with E-state index in [1.807, 2.05) is 11.8 Å². The molecule has 10 nitrogen and oxygen atoms in total. The van der Waals surface area contributed by atoms with Crippen molar-refractivity contribution in [2.75, 3.05) is 48.8 Å². The Hall–Kier alpha value is -4.06. The number of ether oxygens (including phenoxy) is 1. The molecular weight excluding hydrogens is 561 g/mol. The van der Waals surface area contributed by atoms with Crippen LogP contribution in [0, 0.1) is 17.2 Å². The Kier molecular flexibility index (Phi) is 7.93. The first-order valence-electron chi connectivity index (χ1n) is 13.8. The van der Waals surface area contributed by atoms with E-state index in [0.29, 0.717) is 55.7 Å². The molecule has 0 bridgehead atoms. The second-order valence-corrected chi connectivity index (χ2v) is 13.4. The lowest BCUT2D eigenvalue weighted by Gasteiger charge is -2.60. The van der Waals surface area contributed by atoms with E-state index in [1.165, 1.54) is 41.6 Å². The molecule has 0 atom stereocenters. The molecule has 222 valence electrons. The van der Waals surface area contributed by atoms with Gasteiger partial charge in [0, 0.05) is 56.4 Å². The second-order valence-electron chi connectivity index (χ2n) is 11.4. The van der Waals surface area contributed by atoms with Crippen LogP contribution in [0.15, 0.2) is 59.9 Å². The van der Waals surface area contributed by atoms with Crippen molar-refractivity contribution in [3.8, 4) is 11.5 Å². The van der Waals surface area contributed by atoms with Crippen LogP contribution in [0.25, 0.3) is 0 Å². The molecule has 3 aromatic rings. The van der Waals surface area contributed by atoms with Gasteiger partial charge in [0.05, 0.1) is 23.2 Å². The van der Waals surface area contributed by atoms with Crippen molar-refractivity contribution in [1.82, 2.24) is 14.9 Å². The summed E-state index contributed by atoms with van der Waals surface area (Å²) >= 11 is 0. The van der Waals surface area contributed by atoms with Crippen molar-refractivity contribution in [3.05, 3.63) is 66.4 Å². The average molecular weight is 596 g/mol. The van der Waals surface area contributed by atoms with Crippen LogP contribution in [0.2, 0.25) is 0 Å². The number of aromatic nitrogens is 2. The van der Waals surface area contributed by atoms with E-state index in [9.17, 15) is 22.4 Å². The molecule has 2 saturated heterocycles. The number of carbonyl (C=O) groups excluding carboxylic acids is 2. The van der Waals surface area contributed by atoms with E-state index in [-0.39, 0.29) is 34.5 Å². The number of halogens is 1. The van der Waals surface area contributed by atoms with Crippen LogP contribution in [-0.4, -0.2) is 74.1 Å². The summed E-state index contributed by atoms with van der Waals surface area (Å²) in [4.78, 5) is 39.8. The quantitative estimate of drug-likeness (QED) is 0.368. The van der Waals surface area contributed by atoms with Crippen LogP contribution < -0.4 is 14.5 Å². The molecule has 2 fully saturated rings. The lowest BCUT2D eigenvalue weighted by molar-refractivity contribution is -0.144.